The number of nitrogens with two attached hydrogens (primary N) is 1. The maximum Gasteiger partial charge on any atom is 0.0301 e. The van der Waals surface area contributed by atoms with Gasteiger partial charge in [0.1, 0.15) is 0 Å². The fourth-order valence-electron chi connectivity index (χ4n) is 1.59. The van der Waals surface area contributed by atoms with Crippen molar-refractivity contribution in [1.29, 1.82) is 0 Å². The molecule has 1 atom stereocenters. The first kappa shape index (κ1) is 14.3. The van der Waals surface area contributed by atoms with Gasteiger partial charge in [-0.25, -0.2) is 0 Å². The van der Waals surface area contributed by atoms with Crippen LogP contribution in [-0.4, -0.2) is 18.1 Å². The van der Waals surface area contributed by atoms with Gasteiger partial charge in [-0.15, -0.1) is 0 Å². The van der Waals surface area contributed by atoms with E-state index in [1.807, 2.05) is 11.8 Å². The van der Waals surface area contributed by atoms with Crippen LogP contribution in [0.1, 0.15) is 51.9 Å². The van der Waals surface area contributed by atoms with Crippen molar-refractivity contribution >= 4 is 11.8 Å². The van der Waals surface area contributed by atoms with Crippen LogP contribution >= 0.6 is 11.8 Å². The fourth-order valence-corrected chi connectivity index (χ4v) is 2.25. The summed E-state index contributed by atoms with van der Waals surface area (Å²) < 4.78 is 0. The Bertz CT molecular complexity index is 109. The summed E-state index contributed by atoms with van der Waals surface area (Å²) in [6, 6.07) is 0.510. The monoisotopic (exact) mass is 218 g/mol. The van der Waals surface area contributed by atoms with Gasteiger partial charge in [0, 0.05) is 11.8 Å². The number of nitrogens with one attached hydrogen (secondary N) is 1. The summed E-state index contributed by atoms with van der Waals surface area (Å²) in [4.78, 5) is 0. The van der Waals surface area contributed by atoms with Crippen LogP contribution in [-0.2, 0) is 0 Å². The Hall–Kier alpha value is 0.270. The van der Waals surface area contributed by atoms with Crippen LogP contribution < -0.4 is 11.3 Å². The van der Waals surface area contributed by atoms with Gasteiger partial charge in [0.15, 0.2) is 0 Å². The SMILES string of the molecule is CCCCCCCCC(CSC)NN. The van der Waals surface area contributed by atoms with Crippen molar-refractivity contribution < 1.29 is 0 Å². The van der Waals surface area contributed by atoms with Gasteiger partial charge in [0.25, 0.3) is 0 Å². The third-order valence-electron chi connectivity index (χ3n) is 2.51. The van der Waals surface area contributed by atoms with Crippen molar-refractivity contribution in [3.63, 3.8) is 0 Å². The third kappa shape index (κ3) is 8.85. The minimum atomic E-state index is 0.510. The van der Waals surface area contributed by atoms with Crippen LogP contribution in [0, 0.1) is 0 Å². The summed E-state index contributed by atoms with van der Waals surface area (Å²) in [5, 5.41) is 0. The van der Waals surface area contributed by atoms with E-state index >= 15 is 0 Å². The van der Waals surface area contributed by atoms with Crippen LogP contribution in [0.25, 0.3) is 0 Å². The van der Waals surface area contributed by atoms with Crippen molar-refractivity contribution in [2.24, 2.45) is 5.84 Å². The molecule has 86 valence electrons. The molecular formula is C11H26N2S. The molecule has 2 nitrogen and oxygen atoms in total. The molecule has 0 radical (unpaired) electrons. The highest BCUT2D eigenvalue weighted by Crippen LogP contribution is 2.10. The molecule has 0 amide bonds. The number of rotatable bonds is 10. The zero-order chi connectivity index (χ0) is 10.6. The van der Waals surface area contributed by atoms with Crippen molar-refractivity contribution in [2.45, 2.75) is 57.9 Å². The zero-order valence-corrected chi connectivity index (χ0v) is 10.5. The van der Waals surface area contributed by atoms with Gasteiger partial charge in [-0.05, 0) is 12.7 Å². The van der Waals surface area contributed by atoms with Gasteiger partial charge in [-0.2, -0.15) is 11.8 Å². The lowest BCUT2D eigenvalue weighted by molar-refractivity contribution is 0.494. The molecule has 0 aliphatic heterocycles. The largest absolute Gasteiger partial charge is 0.271 e. The molecule has 3 N–H and O–H groups in total. The molecule has 3 heteroatoms. The molecular weight excluding hydrogens is 192 g/mol. The summed E-state index contributed by atoms with van der Waals surface area (Å²) >= 11 is 1.86. The molecule has 0 aromatic carbocycles. The topological polar surface area (TPSA) is 38.0 Å². The zero-order valence-electron chi connectivity index (χ0n) is 9.72. The van der Waals surface area contributed by atoms with Crippen LogP contribution in [0.15, 0.2) is 0 Å². The summed E-state index contributed by atoms with van der Waals surface area (Å²) in [7, 11) is 0. The van der Waals surface area contributed by atoms with Gasteiger partial charge in [-0.1, -0.05) is 45.4 Å². The molecule has 1 unspecified atom stereocenters. The Kier molecular flexibility index (Phi) is 11.6. The number of unbranched alkanes of at least 4 members (excludes halogenated alkanes) is 5. The molecule has 0 saturated carbocycles. The Morgan fingerprint density at radius 1 is 1.14 bits per heavy atom. The molecule has 0 fully saturated rings. The van der Waals surface area contributed by atoms with E-state index in [0.29, 0.717) is 6.04 Å². The Morgan fingerprint density at radius 2 is 1.79 bits per heavy atom. The van der Waals surface area contributed by atoms with E-state index in [9.17, 15) is 0 Å². The molecule has 0 aromatic rings. The maximum atomic E-state index is 5.46. The average Bonchev–Trinajstić information content (AvgIpc) is 2.21. The van der Waals surface area contributed by atoms with Crippen LogP contribution in [0.4, 0.5) is 0 Å². The number of hydrazine groups is 1. The second-order valence-electron chi connectivity index (χ2n) is 3.88. The average molecular weight is 218 g/mol. The second kappa shape index (κ2) is 11.3. The fraction of sp³-hybridized carbons (Fsp3) is 1.00. The summed E-state index contributed by atoms with van der Waals surface area (Å²) in [6.45, 7) is 2.26. The number of thioether (sulfide) groups is 1. The summed E-state index contributed by atoms with van der Waals surface area (Å²) in [6.07, 6.45) is 11.6. The highest BCUT2D eigenvalue weighted by molar-refractivity contribution is 7.98. The van der Waals surface area contributed by atoms with Crippen LogP contribution in [0.3, 0.4) is 0 Å². The van der Waals surface area contributed by atoms with Crippen molar-refractivity contribution in [1.82, 2.24) is 5.43 Å². The first-order valence-electron chi connectivity index (χ1n) is 5.80. The van der Waals surface area contributed by atoms with Gasteiger partial charge in [0.2, 0.25) is 0 Å². The summed E-state index contributed by atoms with van der Waals surface area (Å²) in [5.41, 5.74) is 2.88. The standard InChI is InChI=1S/C11H26N2S/c1-3-4-5-6-7-8-9-11(13-12)10-14-2/h11,13H,3-10,12H2,1-2H3. The van der Waals surface area contributed by atoms with Gasteiger partial charge >= 0.3 is 0 Å². The van der Waals surface area contributed by atoms with E-state index in [1.165, 1.54) is 44.9 Å². The predicted octanol–water partition coefficient (Wildman–Crippen LogP) is 2.93. The van der Waals surface area contributed by atoms with Crippen molar-refractivity contribution in [2.75, 3.05) is 12.0 Å². The van der Waals surface area contributed by atoms with Crippen LogP contribution in [0.2, 0.25) is 0 Å². The summed E-state index contributed by atoms with van der Waals surface area (Å²) in [5.74, 6) is 6.59. The normalized spacial score (nSPS) is 13.1. The molecule has 0 rings (SSSR count). The van der Waals surface area contributed by atoms with Crippen molar-refractivity contribution in [3.8, 4) is 0 Å². The Morgan fingerprint density at radius 3 is 2.36 bits per heavy atom. The molecule has 0 saturated heterocycles. The second-order valence-corrected chi connectivity index (χ2v) is 4.79. The van der Waals surface area contributed by atoms with E-state index < -0.39 is 0 Å². The molecule has 0 aliphatic rings. The molecule has 0 spiro atoms. The molecule has 0 aromatic heterocycles. The van der Waals surface area contributed by atoms with E-state index in [-0.39, 0.29) is 0 Å². The van der Waals surface area contributed by atoms with E-state index in [4.69, 9.17) is 5.84 Å². The highest BCUT2D eigenvalue weighted by Gasteiger charge is 2.04. The Balaban J connectivity index is 3.15. The molecule has 0 aliphatic carbocycles. The first-order chi connectivity index (χ1) is 6.85. The van der Waals surface area contributed by atoms with Gasteiger partial charge < -0.3 is 0 Å². The quantitative estimate of drug-likeness (QED) is 0.336. The third-order valence-corrected chi connectivity index (χ3v) is 3.25. The minimum Gasteiger partial charge on any atom is -0.271 e. The van der Waals surface area contributed by atoms with Crippen LogP contribution in [0.5, 0.6) is 0 Å². The first-order valence-corrected chi connectivity index (χ1v) is 7.19. The van der Waals surface area contributed by atoms with E-state index in [2.05, 4.69) is 18.6 Å². The van der Waals surface area contributed by atoms with E-state index in [0.717, 1.165) is 5.75 Å². The molecule has 0 heterocycles. The lowest BCUT2D eigenvalue weighted by Gasteiger charge is -2.13. The number of hydrogen-bond donors (Lipinski definition) is 2. The molecule has 0 bridgehead atoms. The predicted molar refractivity (Wildman–Crippen MR) is 67.5 cm³/mol. The van der Waals surface area contributed by atoms with Gasteiger partial charge in [0.05, 0.1) is 0 Å². The maximum absolute atomic E-state index is 5.46. The van der Waals surface area contributed by atoms with Gasteiger partial charge in [-0.3, -0.25) is 11.3 Å². The van der Waals surface area contributed by atoms with Crippen molar-refractivity contribution in [3.05, 3.63) is 0 Å². The molecule has 14 heavy (non-hydrogen) atoms. The lowest BCUT2D eigenvalue weighted by Crippen LogP contribution is -2.36. The number of hydrogen-bond acceptors (Lipinski definition) is 3. The minimum absolute atomic E-state index is 0.510. The lowest BCUT2D eigenvalue weighted by atomic mass is 10.1. The highest BCUT2D eigenvalue weighted by atomic mass is 32.2. The van der Waals surface area contributed by atoms with E-state index in [1.54, 1.807) is 0 Å². The Labute approximate surface area is 93.4 Å². The smallest absolute Gasteiger partial charge is 0.0301 e.